The molecule has 0 fully saturated rings. The molecule has 0 radical (unpaired) electrons. The van der Waals surface area contributed by atoms with E-state index in [1.54, 1.807) is 0 Å². The molecule has 0 bridgehead atoms. The molecular weight excluding hydrogens is 340 g/mol. The Morgan fingerprint density at radius 3 is 2.20 bits per heavy atom. The molecule has 7 N–H and O–H groups in total. The van der Waals surface area contributed by atoms with Crippen LogP contribution in [0.1, 0.15) is 19.3 Å². The number of hydrogen-bond acceptors (Lipinski definition) is 8. The van der Waals surface area contributed by atoms with Crippen LogP contribution in [-0.2, 0) is 24.0 Å². The Balaban J connectivity index is 4.41. The summed E-state index contributed by atoms with van der Waals surface area (Å²) >= 11 is 0. The van der Waals surface area contributed by atoms with Crippen molar-refractivity contribution in [1.29, 1.82) is 0 Å². The van der Waals surface area contributed by atoms with E-state index in [2.05, 4.69) is 27.9 Å². The van der Waals surface area contributed by atoms with Crippen molar-refractivity contribution in [3.8, 4) is 0 Å². The first kappa shape index (κ1) is 21.8. The lowest BCUT2D eigenvalue weighted by molar-refractivity contribution is -0.144. The molecule has 13 nitrogen and oxygen atoms in total. The van der Waals surface area contributed by atoms with E-state index in [1.165, 1.54) is 0 Å². The van der Waals surface area contributed by atoms with Crippen LogP contribution in [-0.4, -0.2) is 71.0 Å². The van der Waals surface area contributed by atoms with Crippen LogP contribution in [0.25, 0.3) is 0 Å². The van der Waals surface area contributed by atoms with Gasteiger partial charge in [-0.15, -0.1) is 0 Å². The second-order valence-electron chi connectivity index (χ2n) is 4.59. The van der Waals surface area contributed by atoms with Crippen LogP contribution < -0.4 is 21.8 Å². The monoisotopic (exact) mass is 360 g/mol. The zero-order valence-electron chi connectivity index (χ0n) is 13.2. The van der Waals surface area contributed by atoms with Crippen LogP contribution in [0.2, 0.25) is 0 Å². The van der Waals surface area contributed by atoms with Gasteiger partial charge in [0.1, 0.15) is 12.7 Å². The summed E-state index contributed by atoms with van der Waals surface area (Å²) in [6, 6.07) is -1.55. The number of nitrogens with two attached hydrogens (primary N) is 1. The van der Waals surface area contributed by atoms with Gasteiger partial charge in [0.05, 0.1) is 19.4 Å². The Kier molecular flexibility index (Phi) is 9.88. The average molecular weight is 360 g/mol. The quantitative estimate of drug-likeness (QED) is 0.117. The van der Waals surface area contributed by atoms with Gasteiger partial charge in [-0.3, -0.25) is 24.6 Å². The lowest BCUT2D eigenvalue weighted by Crippen LogP contribution is -2.49. The van der Waals surface area contributed by atoms with Gasteiger partial charge in [0.15, 0.2) is 0 Å². The third-order valence-electron chi connectivity index (χ3n) is 2.63. The fourth-order valence-corrected chi connectivity index (χ4v) is 1.45. The zero-order chi connectivity index (χ0) is 19.4. The highest BCUT2D eigenvalue weighted by atomic mass is 16.4. The van der Waals surface area contributed by atoms with Gasteiger partial charge < -0.3 is 26.6 Å². The Morgan fingerprint density at radius 1 is 1.08 bits per heavy atom. The summed E-state index contributed by atoms with van der Waals surface area (Å²) in [5, 5.41) is 25.8. The molecule has 0 heterocycles. The second kappa shape index (κ2) is 11.3. The number of hydrazone groups is 1. The van der Waals surface area contributed by atoms with Crippen LogP contribution in [0, 0.1) is 0 Å². The number of carboxylic acids is 2. The maximum Gasteiger partial charge on any atom is 0.326 e. The number of amides is 3. The van der Waals surface area contributed by atoms with Crippen molar-refractivity contribution in [2.75, 3.05) is 13.2 Å². The number of hydrogen-bond donors (Lipinski definition) is 6. The molecule has 25 heavy (non-hydrogen) atoms. The lowest BCUT2D eigenvalue weighted by atomic mass is 10.2. The van der Waals surface area contributed by atoms with Gasteiger partial charge in [0.25, 0.3) is 0 Å². The van der Waals surface area contributed by atoms with Crippen molar-refractivity contribution in [2.24, 2.45) is 10.8 Å². The highest BCUT2D eigenvalue weighted by Gasteiger charge is 2.24. The smallest absolute Gasteiger partial charge is 0.326 e. The Bertz CT molecular complexity index is 538. The van der Waals surface area contributed by atoms with Crippen molar-refractivity contribution in [3.05, 3.63) is 0 Å². The van der Waals surface area contributed by atoms with E-state index in [9.17, 15) is 24.0 Å². The predicted molar refractivity (Wildman–Crippen MR) is 82.6 cm³/mol. The molecule has 140 valence electrons. The predicted octanol–water partition coefficient (Wildman–Crippen LogP) is -3.21. The molecule has 0 spiro atoms. The number of nitrogens with zero attached hydrogens (tertiary/aromatic N) is 2. The largest absolute Gasteiger partial charge is 0.481 e. The van der Waals surface area contributed by atoms with Crippen LogP contribution >= 0.6 is 0 Å². The van der Waals surface area contributed by atoms with Crippen LogP contribution in [0.15, 0.2) is 5.10 Å². The SMILES string of the molecule is C=NN(CN)NC(=O)C[C@@H](NC(=O)CNC(=O)CCC(=O)O)C(=O)O. The summed E-state index contributed by atoms with van der Waals surface area (Å²) in [4.78, 5) is 55.9. The summed E-state index contributed by atoms with van der Waals surface area (Å²) in [5.74, 6) is -4.96. The molecule has 1 atom stereocenters. The van der Waals surface area contributed by atoms with Gasteiger partial charge in [-0.2, -0.15) is 10.2 Å². The van der Waals surface area contributed by atoms with Gasteiger partial charge in [-0.1, -0.05) is 0 Å². The molecule has 0 aromatic heterocycles. The Hall–Kier alpha value is -3.22. The molecular formula is C12H20N6O7. The van der Waals surface area contributed by atoms with Gasteiger partial charge in [0.2, 0.25) is 17.7 Å². The van der Waals surface area contributed by atoms with E-state index >= 15 is 0 Å². The van der Waals surface area contributed by atoms with E-state index in [1.807, 2.05) is 0 Å². The fourth-order valence-electron chi connectivity index (χ4n) is 1.45. The molecule has 0 aliphatic rings. The maximum atomic E-state index is 11.6. The molecule has 0 saturated carbocycles. The molecule has 3 amide bonds. The molecule has 13 heteroatoms. The summed E-state index contributed by atoms with van der Waals surface area (Å²) in [7, 11) is 0. The number of carbonyl (C=O) groups is 5. The van der Waals surface area contributed by atoms with Crippen LogP contribution in [0.3, 0.4) is 0 Å². The number of carbonyl (C=O) groups excluding carboxylic acids is 3. The maximum absolute atomic E-state index is 11.6. The van der Waals surface area contributed by atoms with Crippen LogP contribution in [0.5, 0.6) is 0 Å². The number of hydrazine groups is 1. The Labute approximate surface area is 142 Å². The zero-order valence-corrected chi connectivity index (χ0v) is 13.2. The topological polar surface area (TPSA) is 204 Å². The third kappa shape index (κ3) is 10.2. The summed E-state index contributed by atoms with van der Waals surface area (Å²) in [5.41, 5.74) is 7.38. The Morgan fingerprint density at radius 2 is 1.72 bits per heavy atom. The average Bonchev–Trinajstić information content (AvgIpc) is 2.55. The molecule has 0 aromatic carbocycles. The van der Waals surface area contributed by atoms with Gasteiger partial charge in [-0.25, -0.2) is 4.79 Å². The molecule has 0 unspecified atom stereocenters. The lowest BCUT2D eigenvalue weighted by Gasteiger charge is -2.19. The van der Waals surface area contributed by atoms with Gasteiger partial charge in [-0.05, 0) is 0 Å². The van der Waals surface area contributed by atoms with Gasteiger partial charge in [0, 0.05) is 13.1 Å². The summed E-state index contributed by atoms with van der Waals surface area (Å²) in [6.07, 6.45) is -1.34. The molecule has 0 rings (SSSR count). The van der Waals surface area contributed by atoms with Crippen molar-refractivity contribution in [1.82, 2.24) is 21.2 Å². The normalized spacial score (nSPS) is 10.9. The van der Waals surface area contributed by atoms with Crippen LogP contribution in [0.4, 0.5) is 0 Å². The fraction of sp³-hybridized carbons (Fsp3) is 0.500. The first-order valence-electron chi connectivity index (χ1n) is 6.94. The number of carboxylic acid groups (broad SMARTS) is 2. The van der Waals surface area contributed by atoms with E-state index < -0.39 is 55.1 Å². The number of nitrogens with one attached hydrogen (secondary N) is 3. The minimum absolute atomic E-state index is 0.193. The minimum atomic E-state index is -1.55. The third-order valence-corrected chi connectivity index (χ3v) is 2.63. The van der Waals surface area contributed by atoms with Crippen molar-refractivity contribution < 1.29 is 34.2 Å². The summed E-state index contributed by atoms with van der Waals surface area (Å²) < 4.78 is 0. The second-order valence-corrected chi connectivity index (χ2v) is 4.59. The highest BCUT2D eigenvalue weighted by Crippen LogP contribution is 1.94. The van der Waals surface area contributed by atoms with Crippen molar-refractivity contribution in [2.45, 2.75) is 25.3 Å². The van der Waals surface area contributed by atoms with Gasteiger partial charge >= 0.3 is 11.9 Å². The molecule has 0 aromatic rings. The molecule has 0 aliphatic carbocycles. The molecule has 0 saturated heterocycles. The van der Waals surface area contributed by atoms with E-state index in [0.29, 0.717) is 0 Å². The first-order valence-corrected chi connectivity index (χ1v) is 6.94. The highest BCUT2D eigenvalue weighted by molar-refractivity contribution is 5.91. The minimum Gasteiger partial charge on any atom is -0.481 e. The first-order chi connectivity index (χ1) is 11.7. The van der Waals surface area contributed by atoms with E-state index in [4.69, 9.17) is 15.9 Å². The standard InChI is InChI=1S/C12H20N6O7/c1-14-18(6-13)17-9(20)4-7(12(24)25)16-10(21)5-15-8(19)2-3-11(22)23/h7H,1-6,13H2,(H,15,19)(H,16,21)(H,17,20)(H,22,23)(H,24,25)/t7-/m1/s1. The molecule has 0 aliphatic heterocycles. The van der Waals surface area contributed by atoms with E-state index in [0.717, 1.165) is 5.12 Å². The van der Waals surface area contributed by atoms with E-state index in [-0.39, 0.29) is 13.1 Å². The van der Waals surface area contributed by atoms with Crippen molar-refractivity contribution >= 4 is 36.4 Å². The summed E-state index contributed by atoms with van der Waals surface area (Å²) in [6.45, 7) is 2.38. The van der Waals surface area contributed by atoms with Crippen molar-refractivity contribution in [3.63, 3.8) is 0 Å². The number of aliphatic carboxylic acids is 2. The number of rotatable bonds is 12.